The Balaban J connectivity index is 1.92. The molecule has 0 atom stereocenters. The Morgan fingerprint density at radius 1 is 1.20 bits per heavy atom. The number of piperazine rings is 1. The van der Waals surface area contributed by atoms with Gasteiger partial charge in [-0.05, 0) is 45.0 Å². The molecule has 6 heteroatoms. The summed E-state index contributed by atoms with van der Waals surface area (Å²) in [7, 11) is 2.13. The number of carbonyl (C=O) groups is 2. The molecular formula is C19H27N3O3. The van der Waals surface area contributed by atoms with Crippen molar-refractivity contribution >= 4 is 23.6 Å². The molecule has 0 bridgehead atoms. The quantitative estimate of drug-likeness (QED) is 0.601. The Kier molecular flexibility index (Phi) is 5.71. The van der Waals surface area contributed by atoms with Crippen LogP contribution in [0, 0.1) is 0 Å². The summed E-state index contributed by atoms with van der Waals surface area (Å²) in [6.07, 6.45) is 2.47. The minimum absolute atomic E-state index is 0.0150. The topological polar surface area (TPSA) is 53.1 Å². The Morgan fingerprint density at radius 3 is 2.48 bits per heavy atom. The molecular weight excluding hydrogens is 318 g/mol. The first-order valence-corrected chi connectivity index (χ1v) is 9.00. The Bertz CT molecular complexity index is 620. The average Bonchev–Trinajstić information content (AvgIpc) is 2.63. The van der Waals surface area contributed by atoms with Gasteiger partial charge in [-0.1, -0.05) is 0 Å². The van der Waals surface area contributed by atoms with Crippen molar-refractivity contribution in [2.24, 2.45) is 0 Å². The van der Waals surface area contributed by atoms with Crippen molar-refractivity contribution in [2.45, 2.75) is 25.8 Å². The summed E-state index contributed by atoms with van der Waals surface area (Å²) in [6, 6.07) is 5.96. The first-order valence-electron chi connectivity index (χ1n) is 9.00. The number of hydrogen-bond donors (Lipinski definition) is 0. The Morgan fingerprint density at radius 2 is 1.88 bits per heavy atom. The number of ether oxygens (including phenoxy) is 1. The molecule has 6 nitrogen and oxygen atoms in total. The molecule has 1 amide bonds. The number of hydrogen-bond acceptors (Lipinski definition) is 5. The maximum absolute atomic E-state index is 12.1. The predicted octanol–water partition coefficient (Wildman–Crippen LogP) is 1.78. The maximum Gasteiger partial charge on any atom is 0.214 e. The van der Waals surface area contributed by atoms with Crippen LogP contribution in [-0.4, -0.2) is 69.6 Å². The first kappa shape index (κ1) is 17.9. The number of Topliss-reactive ketones (excluding diaryl/α,β-unsaturated/α-hetero) is 1. The van der Waals surface area contributed by atoms with Gasteiger partial charge in [0.15, 0.2) is 5.78 Å². The van der Waals surface area contributed by atoms with Crippen LogP contribution >= 0.6 is 0 Å². The first-order chi connectivity index (χ1) is 12.1. The van der Waals surface area contributed by atoms with Crippen LogP contribution in [0.25, 0.3) is 0 Å². The molecule has 0 saturated carbocycles. The summed E-state index contributed by atoms with van der Waals surface area (Å²) in [5.41, 5.74) is 2.41. The van der Waals surface area contributed by atoms with Gasteiger partial charge in [0.25, 0.3) is 0 Å². The van der Waals surface area contributed by atoms with E-state index < -0.39 is 0 Å². The van der Waals surface area contributed by atoms with Crippen molar-refractivity contribution < 1.29 is 14.3 Å². The number of benzene rings is 1. The monoisotopic (exact) mass is 345 g/mol. The van der Waals surface area contributed by atoms with E-state index in [0.29, 0.717) is 18.8 Å². The van der Waals surface area contributed by atoms with Gasteiger partial charge in [-0.3, -0.25) is 9.59 Å². The summed E-state index contributed by atoms with van der Waals surface area (Å²) in [5.74, 6) is -0.0150. The highest BCUT2D eigenvalue weighted by molar-refractivity contribution is 6.02. The van der Waals surface area contributed by atoms with Crippen LogP contribution in [0.4, 0.5) is 11.4 Å². The number of rotatable bonds is 5. The fourth-order valence-corrected chi connectivity index (χ4v) is 3.60. The Labute approximate surface area is 149 Å². The van der Waals surface area contributed by atoms with Gasteiger partial charge < -0.3 is 19.4 Å². The summed E-state index contributed by atoms with van der Waals surface area (Å²) in [5, 5.41) is 0. The highest BCUT2D eigenvalue weighted by atomic mass is 16.5. The molecule has 0 radical (unpaired) electrons. The molecule has 136 valence electrons. The van der Waals surface area contributed by atoms with Crippen LogP contribution in [0.3, 0.4) is 0 Å². The van der Waals surface area contributed by atoms with Crippen LogP contribution in [0.2, 0.25) is 0 Å². The fraction of sp³-hybridized carbons (Fsp3) is 0.579. The standard InChI is InChI=1S/C19H27N3O3/c1-15(24)18-4-3-17(21-9-7-20(2)8-10-21)13-19(18)22(14-23)16-5-11-25-12-6-16/h3-4,13-14,16H,5-12H2,1-2H3. The van der Waals surface area contributed by atoms with Gasteiger partial charge in [-0.25, -0.2) is 0 Å². The van der Waals surface area contributed by atoms with E-state index in [2.05, 4.69) is 16.8 Å². The van der Waals surface area contributed by atoms with Crippen molar-refractivity contribution in [3.8, 4) is 0 Å². The van der Waals surface area contributed by atoms with Gasteiger partial charge in [0.1, 0.15) is 0 Å². The van der Waals surface area contributed by atoms with E-state index in [1.165, 1.54) is 0 Å². The Hall–Kier alpha value is -1.92. The maximum atomic E-state index is 12.1. The molecule has 0 N–H and O–H groups in total. The van der Waals surface area contributed by atoms with E-state index in [-0.39, 0.29) is 11.8 Å². The molecule has 2 heterocycles. The second-order valence-corrected chi connectivity index (χ2v) is 6.90. The molecule has 2 saturated heterocycles. The zero-order chi connectivity index (χ0) is 17.8. The number of anilines is 2. The van der Waals surface area contributed by atoms with Crippen molar-refractivity contribution in [3.63, 3.8) is 0 Å². The second-order valence-electron chi connectivity index (χ2n) is 6.90. The molecule has 2 aliphatic heterocycles. The van der Waals surface area contributed by atoms with E-state index >= 15 is 0 Å². The molecule has 0 aliphatic carbocycles. The van der Waals surface area contributed by atoms with Gasteiger partial charge >= 0.3 is 0 Å². The van der Waals surface area contributed by atoms with E-state index in [1.54, 1.807) is 11.8 Å². The van der Waals surface area contributed by atoms with Crippen LogP contribution in [-0.2, 0) is 9.53 Å². The lowest BCUT2D eigenvalue weighted by Crippen LogP contribution is -2.44. The smallest absolute Gasteiger partial charge is 0.214 e. The van der Waals surface area contributed by atoms with Crippen molar-refractivity contribution in [3.05, 3.63) is 23.8 Å². The van der Waals surface area contributed by atoms with E-state index in [0.717, 1.165) is 56.8 Å². The van der Waals surface area contributed by atoms with Crippen LogP contribution in [0.15, 0.2) is 18.2 Å². The third-order valence-electron chi connectivity index (χ3n) is 5.20. The predicted molar refractivity (Wildman–Crippen MR) is 98.5 cm³/mol. The second kappa shape index (κ2) is 7.97. The molecule has 1 aromatic carbocycles. The molecule has 2 aliphatic rings. The van der Waals surface area contributed by atoms with Gasteiger partial charge in [-0.2, -0.15) is 0 Å². The van der Waals surface area contributed by atoms with Gasteiger partial charge in [0.05, 0.1) is 5.69 Å². The fourth-order valence-electron chi connectivity index (χ4n) is 3.60. The number of carbonyl (C=O) groups excluding carboxylic acids is 2. The van der Waals surface area contributed by atoms with Crippen LogP contribution < -0.4 is 9.80 Å². The van der Waals surface area contributed by atoms with Crippen LogP contribution in [0.1, 0.15) is 30.1 Å². The molecule has 0 aromatic heterocycles. The minimum Gasteiger partial charge on any atom is -0.381 e. The lowest BCUT2D eigenvalue weighted by Gasteiger charge is -2.36. The van der Waals surface area contributed by atoms with Crippen molar-refractivity contribution in [1.29, 1.82) is 0 Å². The number of likely N-dealkylation sites (N-methyl/N-ethyl adjacent to an activating group) is 1. The third-order valence-corrected chi connectivity index (χ3v) is 5.20. The molecule has 1 aromatic rings. The minimum atomic E-state index is -0.0150. The number of ketones is 1. The van der Waals surface area contributed by atoms with E-state index in [1.807, 2.05) is 18.2 Å². The van der Waals surface area contributed by atoms with E-state index in [9.17, 15) is 9.59 Å². The molecule has 2 fully saturated rings. The van der Waals surface area contributed by atoms with Crippen molar-refractivity contribution in [1.82, 2.24) is 4.90 Å². The number of nitrogens with zero attached hydrogens (tertiary/aromatic N) is 3. The van der Waals surface area contributed by atoms with Gasteiger partial charge in [0.2, 0.25) is 6.41 Å². The normalized spacial score (nSPS) is 19.7. The average molecular weight is 345 g/mol. The van der Waals surface area contributed by atoms with Crippen molar-refractivity contribution in [2.75, 3.05) is 56.2 Å². The lowest BCUT2D eigenvalue weighted by molar-refractivity contribution is -0.108. The van der Waals surface area contributed by atoms with Crippen LogP contribution in [0.5, 0.6) is 0 Å². The largest absolute Gasteiger partial charge is 0.381 e. The lowest BCUT2D eigenvalue weighted by atomic mass is 10.0. The summed E-state index contributed by atoms with van der Waals surface area (Å²) >= 11 is 0. The summed E-state index contributed by atoms with van der Waals surface area (Å²) in [4.78, 5) is 30.3. The SMILES string of the molecule is CC(=O)c1ccc(N2CCN(C)CC2)cc1N(C=O)C1CCOCC1. The summed E-state index contributed by atoms with van der Waals surface area (Å²) < 4.78 is 5.41. The third kappa shape index (κ3) is 4.02. The van der Waals surface area contributed by atoms with Gasteiger partial charge in [-0.15, -0.1) is 0 Å². The zero-order valence-electron chi connectivity index (χ0n) is 15.1. The molecule has 3 rings (SSSR count). The molecule has 25 heavy (non-hydrogen) atoms. The highest BCUT2D eigenvalue weighted by Crippen LogP contribution is 2.30. The van der Waals surface area contributed by atoms with Gasteiger partial charge in [0, 0.05) is 56.7 Å². The molecule has 0 unspecified atom stereocenters. The highest BCUT2D eigenvalue weighted by Gasteiger charge is 2.25. The summed E-state index contributed by atoms with van der Waals surface area (Å²) in [6.45, 7) is 6.80. The van der Waals surface area contributed by atoms with E-state index in [4.69, 9.17) is 4.74 Å². The zero-order valence-corrected chi connectivity index (χ0v) is 15.1. The molecule has 0 spiro atoms. The number of amides is 1.